The molecule has 0 saturated carbocycles. The van der Waals surface area contributed by atoms with Crippen molar-refractivity contribution in [2.45, 2.75) is 12.8 Å². The molecule has 0 radical (unpaired) electrons. The van der Waals surface area contributed by atoms with Crippen LogP contribution in [0.15, 0.2) is 22.7 Å². The van der Waals surface area contributed by atoms with Gasteiger partial charge < -0.3 is 14.7 Å². The Morgan fingerprint density at radius 2 is 2.17 bits per heavy atom. The molecular formula is C16H17BrN2O5. The number of hydrogen-bond donors (Lipinski definition) is 1. The predicted octanol–water partition coefficient (Wildman–Crippen LogP) is 1.50. The molecule has 1 aromatic carbocycles. The summed E-state index contributed by atoms with van der Waals surface area (Å²) in [5.41, 5.74) is 0.551. The SMILES string of the molecule is O=C(O)C1CCCN(C(=O)CN2C(=O)COc3cc(Br)ccc32)C1. The van der Waals surface area contributed by atoms with E-state index in [0.29, 0.717) is 30.8 Å². The van der Waals surface area contributed by atoms with Gasteiger partial charge >= 0.3 is 5.97 Å². The molecule has 1 atom stereocenters. The number of nitrogens with zero attached hydrogens (tertiary/aromatic N) is 2. The summed E-state index contributed by atoms with van der Waals surface area (Å²) in [6.45, 7) is 0.492. The maximum atomic E-state index is 12.5. The summed E-state index contributed by atoms with van der Waals surface area (Å²) in [4.78, 5) is 38.8. The molecule has 2 aliphatic heterocycles. The van der Waals surface area contributed by atoms with Crippen LogP contribution in [0.5, 0.6) is 5.75 Å². The molecular weight excluding hydrogens is 380 g/mol. The quantitative estimate of drug-likeness (QED) is 0.836. The zero-order valence-electron chi connectivity index (χ0n) is 12.9. The molecule has 0 bridgehead atoms. The Labute approximate surface area is 147 Å². The van der Waals surface area contributed by atoms with Crippen LogP contribution in [-0.2, 0) is 14.4 Å². The van der Waals surface area contributed by atoms with Crippen molar-refractivity contribution in [1.82, 2.24) is 4.90 Å². The number of carboxylic acids is 1. The Balaban J connectivity index is 1.74. The molecule has 2 amide bonds. The standard InChI is InChI=1S/C16H17BrN2O5/c17-11-3-4-12-13(6-11)24-9-15(21)19(12)8-14(20)18-5-1-2-10(7-18)16(22)23/h3-4,6,10H,1-2,5,7-9H2,(H,22,23). The number of anilines is 1. The number of benzene rings is 1. The van der Waals surface area contributed by atoms with E-state index in [1.165, 1.54) is 9.80 Å². The minimum atomic E-state index is -0.884. The van der Waals surface area contributed by atoms with Gasteiger partial charge in [0.25, 0.3) is 5.91 Å². The van der Waals surface area contributed by atoms with Crippen LogP contribution in [0.4, 0.5) is 5.69 Å². The number of carboxylic acid groups (broad SMARTS) is 1. The van der Waals surface area contributed by atoms with Crippen LogP contribution in [0.3, 0.4) is 0 Å². The molecule has 1 aromatic rings. The maximum Gasteiger partial charge on any atom is 0.308 e. The van der Waals surface area contributed by atoms with E-state index >= 15 is 0 Å². The second-order valence-electron chi connectivity index (χ2n) is 5.90. The van der Waals surface area contributed by atoms with Gasteiger partial charge in [-0.05, 0) is 31.0 Å². The number of ether oxygens (including phenoxy) is 1. The van der Waals surface area contributed by atoms with Crippen molar-refractivity contribution < 1.29 is 24.2 Å². The smallest absolute Gasteiger partial charge is 0.308 e. The number of carbonyl (C=O) groups excluding carboxylic acids is 2. The molecule has 1 unspecified atom stereocenters. The highest BCUT2D eigenvalue weighted by atomic mass is 79.9. The first-order chi connectivity index (χ1) is 11.5. The Morgan fingerprint density at radius 3 is 2.92 bits per heavy atom. The van der Waals surface area contributed by atoms with Gasteiger partial charge in [0.15, 0.2) is 6.61 Å². The minimum Gasteiger partial charge on any atom is -0.482 e. The number of rotatable bonds is 3. The fourth-order valence-electron chi connectivity index (χ4n) is 2.99. The van der Waals surface area contributed by atoms with E-state index in [1.54, 1.807) is 18.2 Å². The highest BCUT2D eigenvalue weighted by Crippen LogP contribution is 2.34. The highest BCUT2D eigenvalue weighted by Gasteiger charge is 2.32. The summed E-state index contributed by atoms with van der Waals surface area (Å²) < 4.78 is 6.22. The third-order valence-corrected chi connectivity index (χ3v) is 4.77. The summed E-state index contributed by atoms with van der Waals surface area (Å²) in [7, 11) is 0. The minimum absolute atomic E-state index is 0.108. The van der Waals surface area contributed by atoms with Crippen molar-refractivity contribution in [2.24, 2.45) is 5.92 Å². The Hall–Kier alpha value is -2.09. The van der Waals surface area contributed by atoms with E-state index in [0.717, 1.165) is 4.47 Å². The molecule has 1 saturated heterocycles. The molecule has 7 nitrogen and oxygen atoms in total. The van der Waals surface area contributed by atoms with Crippen molar-refractivity contribution in [1.29, 1.82) is 0 Å². The molecule has 3 rings (SSSR count). The Bertz CT molecular complexity index is 693. The second kappa shape index (κ2) is 6.80. The topological polar surface area (TPSA) is 87.2 Å². The first kappa shape index (κ1) is 16.8. The molecule has 1 N–H and O–H groups in total. The monoisotopic (exact) mass is 396 g/mol. The van der Waals surface area contributed by atoms with Gasteiger partial charge in [0.2, 0.25) is 5.91 Å². The first-order valence-electron chi connectivity index (χ1n) is 7.69. The molecule has 24 heavy (non-hydrogen) atoms. The van der Waals surface area contributed by atoms with Crippen LogP contribution >= 0.6 is 15.9 Å². The van der Waals surface area contributed by atoms with Crippen LogP contribution in [-0.4, -0.2) is 54.0 Å². The van der Waals surface area contributed by atoms with E-state index in [-0.39, 0.29) is 31.5 Å². The average molecular weight is 397 g/mol. The fourth-order valence-corrected chi connectivity index (χ4v) is 3.33. The van der Waals surface area contributed by atoms with Crippen LogP contribution in [0.2, 0.25) is 0 Å². The fraction of sp³-hybridized carbons (Fsp3) is 0.438. The number of carbonyl (C=O) groups is 3. The number of piperidine rings is 1. The second-order valence-corrected chi connectivity index (χ2v) is 6.81. The van der Waals surface area contributed by atoms with E-state index in [9.17, 15) is 14.4 Å². The normalized spacial score (nSPS) is 20.4. The highest BCUT2D eigenvalue weighted by molar-refractivity contribution is 9.10. The lowest BCUT2D eigenvalue weighted by Gasteiger charge is -2.34. The zero-order chi connectivity index (χ0) is 17.3. The average Bonchev–Trinajstić information content (AvgIpc) is 2.57. The molecule has 0 aliphatic carbocycles. The van der Waals surface area contributed by atoms with Gasteiger partial charge in [-0.1, -0.05) is 15.9 Å². The van der Waals surface area contributed by atoms with Gasteiger partial charge in [-0.25, -0.2) is 0 Å². The van der Waals surface area contributed by atoms with Crippen LogP contribution < -0.4 is 9.64 Å². The number of fused-ring (bicyclic) bond motifs is 1. The maximum absolute atomic E-state index is 12.5. The van der Waals surface area contributed by atoms with Crippen molar-refractivity contribution in [3.63, 3.8) is 0 Å². The van der Waals surface area contributed by atoms with Gasteiger partial charge in [0.1, 0.15) is 12.3 Å². The molecule has 128 valence electrons. The van der Waals surface area contributed by atoms with Crippen molar-refractivity contribution >= 4 is 39.4 Å². The Morgan fingerprint density at radius 1 is 1.38 bits per heavy atom. The lowest BCUT2D eigenvalue weighted by atomic mass is 9.98. The molecule has 0 spiro atoms. The van der Waals surface area contributed by atoms with E-state index < -0.39 is 11.9 Å². The lowest BCUT2D eigenvalue weighted by Crippen LogP contribution is -2.49. The first-order valence-corrected chi connectivity index (χ1v) is 8.48. The number of aliphatic carboxylic acids is 1. The van der Waals surface area contributed by atoms with E-state index in [2.05, 4.69) is 15.9 Å². The van der Waals surface area contributed by atoms with Gasteiger partial charge in [-0.2, -0.15) is 0 Å². The van der Waals surface area contributed by atoms with E-state index in [4.69, 9.17) is 9.84 Å². The predicted molar refractivity (Wildman–Crippen MR) is 88.9 cm³/mol. The number of likely N-dealkylation sites (tertiary alicyclic amines) is 1. The largest absolute Gasteiger partial charge is 0.482 e. The molecule has 8 heteroatoms. The summed E-state index contributed by atoms with van der Waals surface area (Å²) in [6, 6.07) is 5.25. The number of amides is 2. The van der Waals surface area contributed by atoms with Gasteiger partial charge in [0.05, 0.1) is 11.6 Å². The summed E-state index contributed by atoms with van der Waals surface area (Å²) in [5.74, 6) is -1.41. The molecule has 0 aromatic heterocycles. The molecule has 2 aliphatic rings. The third kappa shape index (κ3) is 3.38. The van der Waals surface area contributed by atoms with Crippen LogP contribution in [0.25, 0.3) is 0 Å². The summed E-state index contributed by atoms with van der Waals surface area (Å²) in [6.07, 6.45) is 1.23. The molecule has 1 fully saturated rings. The van der Waals surface area contributed by atoms with Crippen molar-refractivity contribution in [3.8, 4) is 5.75 Å². The molecule has 2 heterocycles. The number of hydrogen-bond acceptors (Lipinski definition) is 4. The third-order valence-electron chi connectivity index (χ3n) is 4.28. The summed E-state index contributed by atoms with van der Waals surface area (Å²) >= 11 is 3.34. The van der Waals surface area contributed by atoms with Crippen LogP contribution in [0.1, 0.15) is 12.8 Å². The van der Waals surface area contributed by atoms with E-state index in [1.807, 2.05) is 0 Å². The van der Waals surface area contributed by atoms with Gasteiger partial charge in [-0.3, -0.25) is 19.3 Å². The summed E-state index contributed by atoms with van der Waals surface area (Å²) in [5, 5.41) is 9.13. The van der Waals surface area contributed by atoms with Gasteiger partial charge in [0, 0.05) is 17.6 Å². The van der Waals surface area contributed by atoms with Crippen molar-refractivity contribution in [2.75, 3.05) is 31.1 Å². The van der Waals surface area contributed by atoms with Crippen molar-refractivity contribution in [3.05, 3.63) is 22.7 Å². The Kier molecular flexibility index (Phi) is 4.75. The lowest BCUT2D eigenvalue weighted by molar-refractivity contribution is -0.145. The van der Waals surface area contributed by atoms with Gasteiger partial charge in [-0.15, -0.1) is 0 Å². The van der Waals surface area contributed by atoms with Crippen LogP contribution in [0, 0.1) is 5.92 Å². The zero-order valence-corrected chi connectivity index (χ0v) is 14.5. The number of halogens is 1.